The van der Waals surface area contributed by atoms with E-state index < -0.39 is 6.10 Å². The minimum atomic E-state index is -0.415. The predicted molar refractivity (Wildman–Crippen MR) is 80.6 cm³/mol. The molecule has 0 fully saturated rings. The maximum absolute atomic E-state index is 10.7. The number of rotatable bonds is 8. The molecule has 1 N–H and O–H groups in total. The molecular weight excluding hydrogens is 236 g/mol. The molecule has 1 unspecified atom stereocenters. The molecule has 1 aromatic rings. The third-order valence-electron chi connectivity index (χ3n) is 3.55. The van der Waals surface area contributed by atoms with Gasteiger partial charge in [-0.05, 0) is 44.7 Å². The molecule has 1 rings (SSSR count). The van der Waals surface area contributed by atoms with E-state index in [1.54, 1.807) is 0 Å². The lowest BCUT2D eigenvalue weighted by Crippen LogP contribution is -2.14. The molecule has 0 saturated carbocycles. The fraction of sp³-hybridized carbons (Fsp3) is 0.647. The van der Waals surface area contributed by atoms with Gasteiger partial charge in [-0.15, -0.1) is 0 Å². The van der Waals surface area contributed by atoms with Gasteiger partial charge in [0.15, 0.2) is 0 Å². The van der Waals surface area contributed by atoms with Crippen LogP contribution in [0.2, 0.25) is 0 Å². The highest BCUT2D eigenvalue weighted by Crippen LogP contribution is 2.35. The van der Waals surface area contributed by atoms with Crippen molar-refractivity contribution in [1.82, 2.24) is 0 Å². The molecule has 0 radical (unpaired) electrons. The summed E-state index contributed by atoms with van der Waals surface area (Å²) >= 11 is 0. The van der Waals surface area contributed by atoms with E-state index in [0.29, 0.717) is 12.5 Å². The van der Waals surface area contributed by atoms with Gasteiger partial charge in [-0.2, -0.15) is 0 Å². The van der Waals surface area contributed by atoms with E-state index in [1.165, 1.54) is 5.56 Å². The van der Waals surface area contributed by atoms with Crippen LogP contribution in [-0.2, 0) is 0 Å². The number of benzene rings is 1. The molecule has 0 bridgehead atoms. The Kier molecular flexibility index (Phi) is 6.93. The van der Waals surface area contributed by atoms with Crippen LogP contribution in [0.1, 0.15) is 63.7 Å². The molecule has 1 aromatic carbocycles. The van der Waals surface area contributed by atoms with Crippen molar-refractivity contribution in [3.63, 3.8) is 0 Å². The van der Waals surface area contributed by atoms with Crippen molar-refractivity contribution < 1.29 is 9.84 Å². The topological polar surface area (TPSA) is 29.5 Å². The number of aliphatic hydroxyl groups excluding tert-OH is 1. The van der Waals surface area contributed by atoms with Gasteiger partial charge in [0.25, 0.3) is 0 Å². The summed E-state index contributed by atoms with van der Waals surface area (Å²) in [6.07, 6.45) is 3.93. The molecule has 0 saturated heterocycles. The fourth-order valence-corrected chi connectivity index (χ4v) is 2.64. The Labute approximate surface area is 117 Å². The molecule has 0 aliphatic heterocycles. The summed E-state index contributed by atoms with van der Waals surface area (Å²) in [5.41, 5.74) is 2.12. The van der Waals surface area contributed by atoms with Crippen molar-refractivity contribution in [2.24, 2.45) is 5.92 Å². The Morgan fingerprint density at radius 1 is 1.11 bits per heavy atom. The minimum absolute atomic E-state index is 0.330. The van der Waals surface area contributed by atoms with Crippen LogP contribution in [0.25, 0.3) is 0 Å². The van der Waals surface area contributed by atoms with Gasteiger partial charge in [0, 0.05) is 5.56 Å². The molecular formula is C17H28O2. The summed E-state index contributed by atoms with van der Waals surface area (Å²) in [7, 11) is 0. The first-order valence-electron chi connectivity index (χ1n) is 7.55. The highest BCUT2D eigenvalue weighted by molar-refractivity contribution is 5.38. The molecule has 2 heteroatoms. The van der Waals surface area contributed by atoms with Gasteiger partial charge >= 0.3 is 0 Å². The lowest BCUT2D eigenvalue weighted by atomic mass is 9.87. The molecule has 0 heterocycles. The normalized spacial score (nSPS) is 12.7. The van der Waals surface area contributed by atoms with Crippen molar-refractivity contribution in [2.45, 2.75) is 59.5 Å². The summed E-state index contributed by atoms with van der Waals surface area (Å²) in [6, 6.07) is 6.08. The Balaban J connectivity index is 3.00. The zero-order valence-corrected chi connectivity index (χ0v) is 12.8. The zero-order chi connectivity index (χ0) is 14.3. The maximum atomic E-state index is 10.7. The summed E-state index contributed by atoms with van der Waals surface area (Å²) < 4.78 is 5.66. The summed E-state index contributed by atoms with van der Waals surface area (Å²) in [5.74, 6) is 1.16. The number of ether oxygens (including phenoxy) is 1. The highest BCUT2D eigenvalue weighted by atomic mass is 16.5. The molecule has 0 aliphatic rings. The average Bonchev–Trinajstić information content (AvgIpc) is 2.40. The monoisotopic (exact) mass is 264 g/mol. The van der Waals surface area contributed by atoms with Crippen LogP contribution in [0.4, 0.5) is 0 Å². The molecule has 0 aromatic heterocycles. The Hall–Kier alpha value is -1.02. The lowest BCUT2D eigenvalue weighted by molar-refractivity contribution is 0.0931. The summed E-state index contributed by atoms with van der Waals surface area (Å²) in [4.78, 5) is 0. The van der Waals surface area contributed by atoms with Crippen molar-refractivity contribution >= 4 is 0 Å². The van der Waals surface area contributed by atoms with Crippen LogP contribution in [0.15, 0.2) is 18.2 Å². The molecule has 0 spiro atoms. The average molecular weight is 264 g/mol. The van der Waals surface area contributed by atoms with Crippen LogP contribution in [-0.4, -0.2) is 11.7 Å². The lowest BCUT2D eigenvalue weighted by Gasteiger charge is -2.24. The smallest absolute Gasteiger partial charge is 0.125 e. The van der Waals surface area contributed by atoms with Crippen LogP contribution in [0.3, 0.4) is 0 Å². The number of aliphatic hydroxyl groups is 1. The number of hydrogen-bond donors (Lipinski definition) is 1. The Bertz CT molecular complexity index is 368. The second-order valence-corrected chi connectivity index (χ2v) is 5.26. The maximum Gasteiger partial charge on any atom is 0.125 e. The number of aryl methyl sites for hydroxylation is 1. The molecule has 108 valence electrons. The van der Waals surface area contributed by atoms with Gasteiger partial charge in [-0.25, -0.2) is 0 Å². The molecule has 19 heavy (non-hydrogen) atoms. The van der Waals surface area contributed by atoms with Gasteiger partial charge in [-0.3, -0.25) is 0 Å². The third-order valence-corrected chi connectivity index (χ3v) is 3.55. The quantitative estimate of drug-likeness (QED) is 0.741. The van der Waals surface area contributed by atoms with E-state index in [4.69, 9.17) is 4.74 Å². The fourth-order valence-electron chi connectivity index (χ4n) is 2.64. The summed E-state index contributed by atoms with van der Waals surface area (Å²) in [6.45, 7) is 9.02. The van der Waals surface area contributed by atoms with E-state index in [0.717, 1.165) is 37.0 Å². The van der Waals surface area contributed by atoms with E-state index in [1.807, 2.05) is 19.1 Å². The van der Waals surface area contributed by atoms with Crippen LogP contribution < -0.4 is 4.74 Å². The van der Waals surface area contributed by atoms with Gasteiger partial charge in [0.2, 0.25) is 0 Å². The van der Waals surface area contributed by atoms with Crippen molar-refractivity contribution in [1.29, 1.82) is 0 Å². The first kappa shape index (κ1) is 16.0. The van der Waals surface area contributed by atoms with E-state index in [-0.39, 0.29) is 0 Å². The third kappa shape index (κ3) is 4.54. The van der Waals surface area contributed by atoms with Crippen LogP contribution >= 0.6 is 0 Å². The standard InChI is InChI=1S/C17H28O2/c1-5-8-14(9-6-2)17(18)15-12-13(4)10-11-16(15)19-7-3/h10-12,14,17-18H,5-9H2,1-4H3. The molecule has 0 aliphatic carbocycles. The van der Waals surface area contributed by atoms with Crippen molar-refractivity contribution in [3.05, 3.63) is 29.3 Å². The van der Waals surface area contributed by atoms with E-state index in [9.17, 15) is 5.11 Å². The second-order valence-electron chi connectivity index (χ2n) is 5.26. The van der Waals surface area contributed by atoms with Gasteiger partial charge < -0.3 is 9.84 Å². The predicted octanol–water partition coefficient (Wildman–Crippen LogP) is 4.64. The zero-order valence-electron chi connectivity index (χ0n) is 12.8. The summed E-state index contributed by atoms with van der Waals surface area (Å²) in [5, 5.41) is 10.7. The SMILES string of the molecule is CCCC(CCC)C(O)c1cc(C)ccc1OCC. The minimum Gasteiger partial charge on any atom is -0.493 e. The van der Waals surface area contributed by atoms with Crippen molar-refractivity contribution in [3.8, 4) is 5.75 Å². The molecule has 0 amide bonds. The first-order chi connectivity index (χ1) is 9.13. The highest BCUT2D eigenvalue weighted by Gasteiger charge is 2.22. The second kappa shape index (κ2) is 8.21. The largest absolute Gasteiger partial charge is 0.493 e. The Morgan fingerprint density at radius 2 is 1.74 bits per heavy atom. The van der Waals surface area contributed by atoms with E-state index in [2.05, 4.69) is 26.8 Å². The molecule has 2 nitrogen and oxygen atoms in total. The van der Waals surface area contributed by atoms with Crippen LogP contribution in [0, 0.1) is 12.8 Å². The number of hydrogen-bond acceptors (Lipinski definition) is 2. The van der Waals surface area contributed by atoms with E-state index >= 15 is 0 Å². The van der Waals surface area contributed by atoms with Gasteiger partial charge in [0.05, 0.1) is 12.7 Å². The van der Waals surface area contributed by atoms with Crippen LogP contribution in [0.5, 0.6) is 5.75 Å². The van der Waals surface area contributed by atoms with Crippen molar-refractivity contribution in [2.75, 3.05) is 6.61 Å². The van der Waals surface area contributed by atoms with Gasteiger partial charge in [-0.1, -0.05) is 38.3 Å². The molecule has 1 atom stereocenters. The van der Waals surface area contributed by atoms with Gasteiger partial charge in [0.1, 0.15) is 5.75 Å². The first-order valence-corrected chi connectivity index (χ1v) is 7.55. The Morgan fingerprint density at radius 3 is 2.26 bits per heavy atom.